The molecule has 142 valence electrons. The van der Waals surface area contributed by atoms with E-state index in [1.54, 1.807) is 12.1 Å². The Morgan fingerprint density at radius 1 is 0.926 bits per heavy atom. The molecule has 0 fully saturated rings. The van der Waals surface area contributed by atoms with Gasteiger partial charge in [-0.1, -0.05) is 39.8 Å². The van der Waals surface area contributed by atoms with E-state index in [0.717, 1.165) is 18.4 Å². The first-order valence-corrected chi connectivity index (χ1v) is 9.61. The van der Waals surface area contributed by atoms with E-state index < -0.39 is 11.3 Å². The van der Waals surface area contributed by atoms with E-state index in [4.69, 9.17) is 4.74 Å². The second kappa shape index (κ2) is 5.88. The lowest BCUT2D eigenvalue weighted by molar-refractivity contribution is -0.125. The van der Waals surface area contributed by atoms with Crippen LogP contribution in [0.15, 0.2) is 46.9 Å². The summed E-state index contributed by atoms with van der Waals surface area (Å²) in [6.45, 7) is 8.04. The van der Waals surface area contributed by atoms with Crippen molar-refractivity contribution in [2.45, 2.75) is 59.3 Å². The Labute approximate surface area is 159 Å². The zero-order valence-electron chi connectivity index (χ0n) is 16.3. The van der Waals surface area contributed by atoms with Crippen molar-refractivity contribution in [3.8, 4) is 0 Å². The Hall–Kier alpha value is -2.23. The van der Waals surface area contributed by atoms with Crippen molar-refractivity contribution < 1.29 is 18.7 Å². The third-order valence-corrected chi connectivity index (χ3v) is 6.28. The maximum Gasteiger partial charge on any atom is 0.168 e. The maximum atomic E-state index is 13.5. The fraction of sp³-hybridized carbons (Fsp3) is 0.478. The van der Waals surface area contributed by atoms with Gasteiger partial charge in [0.1, 0.15) is 17.3 Å². The van der Waals surface area contributed by atoms with E-state index in [1.807, 2.05) is 13.8 Å². The predicted molar refractivity (Wildman–Crippen MR) is 100 cm³/mol. The molecule has 4 heteroatoms. The second-order valence-electron chi connectivity index (χ2n) is 9.19. The number of Topliss-reactive ketones (excluding diaryl/α,β-unsaturated/α-hetero) is 2. The molecule has 1 heterocycles. The molecule has 0 N–H and O–H groups in total. The molecule has 1 unspecified atom stereocenters. The van der Waals surface area contributed by atoms with Gasteiger partial charge in [-0.3, -0.25) is 9.59 Å². The summed E-state index contributed by atoms with van der Waals surface area (Å²) in [6, 6.07) is 6.15. The van der Waals surface area contributed by atoms with Crippen molar-refractivity contribution in [3.05, 3.63) is 58.3 Å². The van der Waals surface area contributed by atoms with Crippen LogP contribution in [0, 0.1) is 16.6 Å². The molecule has 1 aromatic rings. The fourth-order valence-electron chi connectivity index (χ4n) is 4.47. The molecule has 0 aromatic heterocycles. The zero-order valence-corrected chi connectivity index (χ0v) is 16.3. The molecule has 0 saturated heterocycles. The van der Waals surface area contributed by atoms with Crippen LogP contribution in [0.5, 0.6) is 0 Å². The fourth-order valence-corrected chi connectivity index (χ4v) is 4.47. The Morgan fingerprint density at radius 2 is 1.56 bits per heavy atom. The van der Waals surface area contributed by atoms with Crippen molar-refractivity contribution >= 4 is 11.6 Å². The molecule has 4 rings (SSSR count). The van der Waals surface area contributed by atoms with Crippen LogP contribution in [0.2, 0.25) is 0 Å². The highest BCUT2D eigenvalue weighted by molar-refractivity contribution is 6.07. The highest BCUT2D eigenvalue weighted by Crippen LogP contribution is 2.54. The van der Waals surface area contributed by atoms with Crippen LogP contribution >= 0.6 is 0 Å². The van der Waals surface area contributed by atoms with E-state index >= 15 is 0 Å². The average molecular weight is 368 g/mol. The third-order valence-electron chi connectivity index (χ3n) is 6.28. The van der Waals surface area contributed by atoms with Gasteiger partial charge in [-0.05, 0) is 30.5 Å². The first-order chi connectivity index (χ1) is 12.6. The van der Waals surface area contributed by atoms with Gasteiger partial charge in [0, 0.05) is 40.7 Å². The van der Waals surface area contributed by atoms with E-state index in [2.05, 4.69) is 13.8 Å². The summed E-state index contributed by atoms with van der Waals surface area (Å²) < 4.78 is 19.8. The molecule has 0 saturated carbocycles. The molecule has 0 bridgehead atoms. The largest absolute Gasteiger partial charge is 0.465 e. The number of hydrogen-bond acceptors (Lipinski definition) is 3. The van der Waals surface area contributed by atoms with E-state index in [9.17, 15) is 14.0 Å². The first-order valence-electron chi connectivity index (χ1n) is 9.61. The van der Waals surface area contributed by atoms with E-state index in [-0.39, 0.29) is 22.8 Å². The second-order valence-corrected chi connectivity index (χ2v) is 9.19. The van der Waals surface area contributed by atoms with E-state index in [1.165, 1.54) is 12.1 Å². The van der Waals surface area contributed by atoms with Gasteiger partial charge >= 0.3 is 0 Å². The monoisotopic (exact) mass is 368 g/mol. The minimum Gasteiger partial charge on any atom is -0.465 e. The van der Waals surface area contributed by atoms with Crippen molar-refractivity contribution in [1.82, 2.24) is 0 Å². The summed E-state index contributed by atoms with van der Waals surface area (Å²) in [5.41, 5.74) is 1.18. The SMILES string of the molecule is CC1(C)CCC2=C(C1=O)C(c1ccc(F)cc1)C1=C(O2)C(C)(C)CCC1=O. The summed E-state index contributed by atoms with van der Waals surface area (Å²) >= 11 is 0. The molecular formula is C23H25FO3. The quantitative estimate of drug-likeness (QED) is 0.682. The smallest absolute Gasteiger partial charge is 0.168 e. The van der Waals surface area contributed by atoms with E-state index in [0.29, 0.717) is 35.5 Å². The molecule has 1 aliphatic heterocycles. The minimum atomic E-state index is -0.494. The van der Waals surface area contributed by atoms with Crippen molar-refractivity contribution in [1.29, 1.82) is 0 Å². The third kappa shape index (κ3) is 2.77. The summed E-state index contributed by atoms with van der Waals surface area (Å²) in [5, 5.41) is 0. The highest BCUT2D eigenvalue weighted by atomic mass is 19.1. The number of allylic oxidation sites excluding steroid dienone is 4. The first kappa shape index (κ1) is 18.1. The van der Waals surface area contributed by atoms with Crippen LogP contribution < -0.4 is 0 Å². The van der Waals surface area contributed by atoms with Gasteiger partial charge in [0.2, 0.25) is 0 Å². The number of benzene rings is 1. The van der Waals surface area contributed by atoms with Gasteiger partial charge in [-0.15, -0.1) is 0 Å². The maximum absolute atomic E-state index is 13.5. The van der Waals surface area contributed by atoms with Gasteiger partial charge < -0.3 is 4.74 Å². The summed E-state index contributed by atoms with van der Waals surface area (Å²) in [7, 11) is 0. The molecule has 0 radical (unpaired) electrons. The number of carbonyl (C=O) groups is 2. The number of rotatable bonds is 1. The van der Waals surface area contributed by atoms with Crippen LogP contribution in [0.1, 0.15) is 64.9 Å². The Balaban J connectivity index is 1.96. The molecule has 27 heavy (non-hydrogen) atoms. The van der Waals surface area contributed by atoms with Crippen LogP contribution in [-0.2, 0) is 14.3 Å². The number of halogens is 1. The van der Waals surface area contributed by atoms with Gasteiger partial charge in [0.25, 0.3) is 0 Å². The van der Waals surface area contributed by atoms with Gasteiger partial charge in [-0.2, -0.15) is 0 Å². The van der Waals surface area contributed by atoms with Crippen LogP contribution in [0.25, 0.3) is 0 Å². The lowest BCUT2D eigenvalue weighted by Gasteiger charge is -2.44. The number of ether oxygens (including phenoxy) is 1. The van der Waals surface area contributed by atoms with Gasteiger partial charge in [0.15, 0.2) is 11.6 Å². The zero-order chi connectivity index (χ0) is 19.6. The lowest BCUT2D eigenvalue weighted by Crippen LogP contribution is -2.40. The lowest BCUT2D eigenvalue weighted by atomic mass is 9.64. The Bertz CT molecular complexity index is 900. The molecular weight excluding hydrogens is 343 g/mol. The van der Waals surface area contributed by atoms with Crippen LogP contribution in [-0.4, -0.2) is 11.6 Å². The number of hydrogen-bond donors (Lipinski definition) is 0. The Kier molecular flexibility index (Phi) is 3.95. The van der Waals surface area contributed by atoms with Gasteiger partial charge in [-0.25, -0.2) is 4.39 Å². The molecule has 3 aliphatic rings. The normalized spacial score (nSPS) is 26.5. The molecule has 1 aromatic carbocycles. The predicted octanol–water partition coefficient (Wildman–Crippen LogP) is 5.23. The summed E-state index contributed by atoms with van der Waals surface area (Å²) in [4.78, 5) is 26.3. The molecule has 2 aliphatic carbocycles. The topological polar surface area (TPSA) is 43.4 Å². The van der Waals surface area contributed by atoms with Crippen molar-refractivity contribution in [3.63, 3.8) is 0 Å². The number of ketones is 2. The summed E-state index contributed by atoms with van der Waals surface area (Å²) in [6.07, 6.45) is 2.56. The molecule has 0 spiro atoms. The van der Waals surface area contributed by atoms with Crippen molar-refractivity contribution in [2.75, 3.05) is 0 Å². The van der Waals surface area contributed by atoms with Crippen LogP contribution in [0.4, 0.5) is 4.39 Å². The Morgan fingerprint density at radius 3 is 2.22 bits per heavy atom. The number of carbonyl (C=O) groups excluding carboxylic acids is 2. The summed E-state index contributed by atoms with van der Waals surface area (Å²) in [5.74, 6) is 0.639. The van der Waals surface area contributed by atoms with Crippen molar-refractivity contribution in [2.24, 2.45) is 10.8 Å². The average Bonchev–Trinajstić information content (AvgIpc) is 2.61. The van der Waals surface area contributed by atoms with Crippen LogP contribution in [0.3, 0.4) is 0 Å². The molecule has 3 nitrogen and oxygen atoms in total. The van der Waals surface area contributed by atoms with Gasteiger partial charge in [0.05, 0.1) is 0 Å². The minimum absolute atomic E-state index is 0.0285. The standard InChI is InChI=1S/C23H25FO3/c1-22(2)12-10-16-19(20(22)26)17(13-5-7-14(24)8-6-13)18-15(25)9-11-23(3,4)21(18)27-16/h5-8,17H,9-12H2,1-4H3. The highest BCUT2D eigenvalue weighted by Gasteiger charge is 2.50. The molecule has 0 amide bonds. The molecule has 1 atom stereocenters.